The molecule has 0 fully saturated rings. The number of nitrogens with zero attached hydrogens (tertiary/aromatic N) is 2. The van der Waals surface area contributed by atoms with Crippen molar-refractivity contribution in [2.75, 3.05) is 0 Å². The summed E-state index contributed by atoms with van der Waals surface area (Å²) in [5.41, 5.74) is 1.83. The van der Waals surface area contributed by atoms with E-state index in [4.69, 9.17) is 0 Å². The minimum atomic E-state index is -4.34. The van der Waals surface area contributed by atoms with Crippen molar-refractivity contribution in [1.29, 1.82) is 0 Å². The van der Waals surface area contributed by atoms with Gasteiger partial charge in [-0.2, -0.15) is 18.3 Å². The topological polar surface area (TPSA) is 29.9 Å². The van der Waals surface area contributed by atoms with Crippen LogP contribution in [0.5, 0.6) is 0 Å². The molecule has 1 unspecified atom stereocenters. The van der Waals surface area contributed by atoms with Gasteiger partial charge in [0.1, 0.15) is 6.04 Å². The van der Waals surface area contributed by atoms with E-state index in [1.165, 1.54) is 12.1 Å². The van der Waals surface area contributed by atoms with Gasteiger partial charge in [-0.15, -0.1) is 0 Å². The van der Waals surface area contributed by atoms with Crippen LogP contribution in [-0.4, -0.2) is 16.0 Å². The summed E-state index contributed by atoms with van der Waals surface area (Å²) >= 11 is 0. The molecular formula is C15H18F3N3. The van der Waals surface area contributed by atoms with Crippen LogP contribution in [0.25, 0.3) is 0 Å². The quantitative estimate of drug-likeness (QED) is 0.917. The first-order valence-corrected chi connectivity index (χ1v) is 6.78. The van der Waals surface area contributed by atoms with Crippen molar-refractivity contribution in [2.24, 2.45) is 7.05 Å². The Labute approximate surface area is 121 Å². The predicted octanol–water partition coefficient (Wildman–Crippen LogP) is 3.38. The third-order valence-electron chi connectivity index (χ3n) is 3.28. The molecule has 2 rings (SSSR count). The molecule has 1 N–H and O–H groups in total. The van der Waals surface area contributed by atoms with E-state index in [-0.39, 0.29) is 12.1 Å². The van der Waals surface area contributed by atoms with Crippen LogP contribution in [0.3, 0.4) is 0 Å². The van der Waals surface area contributed by atoms with Crippen LogP contribution in [0, 0.1) is 0 Å². The highest BCUT2D eigenvalue weighted by Crippen LogP contribution is 2.32. The molecule has 2 aromatic rings. The molecule has 0 amide bonds. The van der Waals surface area contributed by atoms with Crippen molar-refractivity contribution >= 4 is 0 Å². The summed E-state index contributed by atoms with van der Waals surface area (Å²) < 4.78 is 41.3. The van der Waals surface area contributed by atoms with Crippen LogP contribution in [0.4, 0.5) is 13.2 Å². The average molecular weight is 297 g/mol. The first kappa shape index (κ1) is 15.6. The highest BCUT2D eigenvalue weighted by molar-refractivity contribution is 5.22. The van der Waals surface area contributed by atoms with Crippen molar-refractivity contribution in [1.82, 2.24) is 15.1 Å². The fourth-order valence-corrected chi connectivity index (χ4v) is 2.31. The maximum atomic E-state index is 13.2. The second-order valence-corrected chi connectivity index (χ2v) is 4.89. The van der Waals surface area contributed by atoms with Crippen LogP contribution in [0.2, 0.25) is 0 Å². The average Bonchev–Trinajstić information content (AvgIpc) is 2.79. The van der Waals surface area contributed by atoms with Crippen molar-refractivity contribution in [2.45, 2.75) is 32.1 Å². The fraction of sp³-hybridized carbons (Fsp3) is 0.400. The van der Waals surface area contributed by atoms with Gasteiger partial charge >= 0.3 is 6.18 Å². The van der Waals surface area contributed by atoms with E-state index in [1.54, 1.807) is 36.1 Å². The Hall–Kier alpha value is -1.82. The summed E-state index contributed by atoms with van der Waals surface area (Å²) in [7, 11) is 1.76. The third kappa shape index (κ3) is 3.85. The van der Waals surface area contributed by atoms with Gasteiger partial charge < -0.3 is 0 Å². The largest absolute Gasteiger partial charge is 0.407 e. The zero-order valence-corrected chi connectivity index (χ0v) is 12.0. The molecule has 114 valence electrons. The minimum Gasteiger partial charge on any atom is -0.298 e. The van der Waals surface area contributed by atoms with Crippen LogP contribution >= 0.6 is 0 Å². The minimum absolute atomic E-state index is 0.135. The fourth-order valence-electron chi connectivity index (χ4n) is 2.31. The smallest absolute Gasteiger partial charge is 0.298 e. The Morgan fingerprint density at radius 3 is 2.48 bits per heavy atom. The molecule has 0 spiro atoms. The van der Waals surface area contributed by atoms with Crippen molar-refractivity contribution in [3.63, 3.8) is 0 Å². The zero-order valence-electron chi connectivity index (χ0n) is 12.0. The van der Waals surface area contributed by atoms with E-state index < -0.39 is 12.2 Å². The van der Waals surface area contributed by atoms with Gasteiger partial charge in [0.2, 0.25) is 0 Å². The second kappa shape index (κ2) is 6.30. The first-order chi connectivity index (χ1) is 9.91. The SMILES string of the molecule is CCc1nn(C)cc1CNC(c1ccccc1)C(F)(F)F. The Bertz CT molecular complexity index is 576. The number of rotatable bonds is 5. The zero-order chi connectivity index (χ0) is 15.5. The van der Waals surface area contributed by atoms with E-state index in [1.807, 2.05) is 6.92 Å². The molecule has 1 atom stereocenters. The van der Waals surface area contributed by atoms with Crippen molar-refractivity contribution < 1.29 is 13.2 Å². The summed E-state index contributed by atoms with van der Waals surface area (Å²) in [4.78, 5) is 0. The molecule has 0 radical (unpaired) electrons. The van der Waals surface area contributed by atoms with Crippen LogP contribution in [-0.2, 0) is 20.0 Å². The Morgan fingerprint density at radius 2 is 1.90 bits per heavy atom. The number of aromatic nitrogens is 2. The normalized spacial score (nSPS) is 13.4. The molecule has 0 bridgehead atoms. The summed E-state index contributed by atoms with van der Waals surface area (Å²) in [6, 6.07) is 6.20. The standard InChI is InChI=1S/C15H18F3N3/c1-3-13-12(10-21(2)20-13)9-19-14(15(16,17)18)11-7-5-4-6-8-11/h4-8,10,14,19H,3,9H2,1-2H3. The molecule has 1 aromatic heterocycles. The van der Waals surface area contributed by atoms with Gasteiger partial charge in [-0.3, -0.25) is 10.00 Å². The molecule has 6 heteroatoms. The molecule has 1 aromatic carbocycles. The molecule has 0 saturated heterocycles. The molecule has 21 heavy (non-hydrogen) atoms. The van der Waals surface area contributed by atoms with Gasteiger partial charge in [-0.25, -0.2) is 0 Å². The maximum Gasteiger partial charge on any atom is 0.407 e. The lowest BCUT2D eigenvalue weighted by Gasteiger charge is -2.22. The Kier molecular flexibility index (Phi) is 4.67. The molecule has 0 saturated carbocycles. The molecule has 0 aliphatic heterocycles. The number of benzene rings is 1. The number of halogens is 3. The maximum absolute atomic E-state index is 13.2. The van der Waals surface area contributed by atoms with Gasteiger partial charge in [-0.05, 0) is 12.0 Å². The summed E-state index contributed by atoms with van der Waals surface area (Å²) in [6.45, 7) is 2.07. The van der Waals surface area contributed by atoms with Crippen molar-refractivity contribution in [3.8, 4) is 0 Å². The lowest BCUT2D eigenvalue weighted by atomic mass is 10.1. The second-order valence-electron chi connectivity index (χ2n) is 4.89. The van der Waals surface area contributed by atoms with Crippen molar-refractivity contribution in [3.05, 3.63) is 53.3 Å². The molecular weight excluding hydrogens is 279 g/mol. The Balaban J connectivity index is 2.17. The summed E-state index contributed by atoms with van der Waals surface area (Å²) in [5, 5.41) is 6.84. The van der Waals surface area contributed by atoms with E-state index in [2.05, 4.69) is 10.4 Å². The lowest BCUT2D eigenvalue weighted by Crippen LogP contribution is -2.33. The summed E-state index contributed by atoms with van der Waals surface area (Å²) in [5.74, 6) is 0. The van der Waals surface area contributed by atoms with Crippen LogP contribution in [0.1, 0.15) is 29.8 Å². The van der Waals surface area contributed by atoms with Crippen LogP contribution < -0.4 is 5.32 Å². The number of nitrogens with one attached hydrogen (secondary N) is 1. The Morgan fingerprint density at radius 1 is 1.24 bits per heavy atom. The van der Waals surface area contributed by atoms with E-state index in [0.29, 0.717) is 6.42 Å². The van der Waals surface area contributed by atoms with E-state index >= 15 is 0 Å². The summed E-state index contributed by atoms with van der Waals surface area (Å²) in [6.07, 6.45) is -1.89. The molecule has 3 nitrogen and oxygen atoms in total. The number of hydrogen-bond acceptors (Lipinski definition) is 2. The molecule has 1 heterocycles. The first-order valence-electron chi connectivity index (χ1n) is 6.78. The van der Waals surface area contributed by atoms with E-state index in [9.17, 15) is 13.2 Å². The van der Waals surface area contributed by atoms with Gasteiger partial charge in [0.15, 0.2) is 0 Å². The van der Waals surface area contributed by atoms with Gasteiger partial charge in [-0.1, -0.05) is 37.3 Å². The monoisotopic (exact) mass is 297 g/mol. The molecule has 0 aliphatic rings. The number of hydrogen-bond donors (Lipinski definition) is 1. The number of aryl methyl sites for hydroxylation is 2. The lowest BCUT2D eigenvalue weighted by molar-refractivity contribution is -0.158. The molecule has 0 aliphatic carbocycles. The number of alkyl halides is 3. The third-order valence-corrected chi connectivity index (χ3v) is 3.28. The highest BCUT2D eigenvalue weighted by atomic mass is 19.4. The highest BCUT2D eigenvalue weighted by Gasteiger charge is 2.40. The van der Waals surface area contributed by atoms with Gasteiger partial charge in [0.25, 0.3) is 0 Å². The van der Waals surface area contributed by atoms with E-state index in [0.717, 1.165) is 11.3 Å². The predicted molar refractivity (Wildman–Crippen MR) is 74.7 cm³/mol. The van der Waals surface area contributed by atoms with Gasteiger partial charge in [0, 0.05) is 25.4 Å². The van der Waals surface area contributed by atoms with Crippen LogP contribution in [0.15, 0.2) is 36.5 Å². The van der Waals surface area contributed by atoms with Gasteiger partial charge in [0.05, 0.1) is 5.69 Å².